The van der Waals surface area contributed by atoms with Crippen LogP contribution >= 0.6 is 0 Å². The Bertz CT molecular complexity index is 297. The molecular formula is C11H17NO2. The summed E-state index contributed by atoms with van der Waals surface area (Å²) in [5.41, 5.74) is 6.81. The Labute approximate surface area is 84.8 Å². The average molecular weight is 195 g/mol. The molecule has 0 heterocycles. The van der Waals surface area contributed by atoms with Gasteiger partial charge in [0, 0.05) is 6.04 Å². The van der Waals surface area contributed by atoms with Crippen molar-refractivity contribution < 1.29 is 9.47 Å². The molecule has 0 spiro atoms. The molecule has 0 aliphatic heterocycles. The van der Waals surface area contributed by atoms with Crippen molar-refractivity contribution >= 4 is 0 Å². The predicted molar refractivity (Wildman–Crippen MR) is 56.8 cm³/mol. The summed E-state index contributed by atoms with van der Waals surface area (Å²) in [5.74, 6) is 1.50. The van der Waals surface area contributed by atoms with E-state index in [1.807, 2.05) is 32.0 Å². The number of ether oxygens (including phenoxy) is 2. The maximum atomic E-state index is 5.76. The second kappa shape index (κ2) is 4.86. The van der Waals surface area contributed by atoms with Crippen molar-refractivity contribution in [1.82, 2.24) is 0 Å². The summed E-state index contributed by atoms with van der Waals surface area (Å²) in [6.45, 7) is 4.52. The van der Waals surface area contributed by atoms with E-state index in [0.29, 0.717) is 6.61 Å². The van der Waals surface area contributed by atoms with Crippen molar-refractivity contribution in [3.8, 4) is 11.5 Å². The Balaban J connectivity index is 2.98. The first-order chi connectivity index (χ1) is 6.69. The number of nitrogens with two attached hydrogens (primary N) is 1. The summed E-state index contributed by atoms with van der Waals surface area (Å²) >= 11 is 0. The van der Waals surface area contributed by atoms with Crippen molar-refractivity contribution in [3.63, 3.8) is 0 Å². The molecule has 3 nitrogen and oxygen atoms in total. The molecule has 0 aromatic heterocycles. The second-order valence-electron chi connectivity index (χ2n) is 3.13. The van der Waals surface area contributed by atoms with Crippen LogP contribution in [-0.4, -0.2) is 13.7 Å². The minimum absolute atomic E-state index is 0.0135. The van der Waals surface area contributed by atoms with Gasteiger partial charge < -0.3 is 15.2 Å². The van der Waals surface area contributed by atoms with E-state index in [2.05, 4.69) is 0 Å². The molecular weight excluding hydrogens is 178 g/mol. The molecule has 14 heavy (non-hydrogen) atoms. The molecule has 1 unspecified atom stereocenters. The molecule has 0 bridgehead atoms. The van der Waals surface area contributed by atoms with Gasteiger partial charge in [0.15, 0.2) is 11.5 Å². The molecule has 1 aromatic rings. The van der Waals surface area contributed by atoms with Gasteiger partial charge in [0.25, 0.3) is 0 Å². The highest BCUT2D eigenvalue weighted by Gasteiger charge is 2.06. The smallest absolute Gasteiger partial charge is 0.161 e. The first-order valence-corrected chi connectivity index (χ1v) is 4.75. The number of benzene rings is 1. The van der Waals surface area contributed by atoms with Crippen molar-refractivity contribution in [3.05, 3.63) is 23.8 Å². The zero-order valence-corrected chi connectivity index (χ0v) is 8.91. The lowest BCUT2D eigenvalue weighted by molar-refractivity contribution is 0.310. The van der Waals surface area contributed by atoms with E-state index in [1.54, 1.807) is 7.11 Å². The average Bonchev–Trinajstić information content (AvgIpc) is 2.18. The molecule has 1 rings (SSSR count). The zero-order valence-electron chi connectivity index (χ0n) is 8.91. The number of hydrogen-bond donors (Lipinski definition) is 1. The van der Waals surface area contributed by atoms with E-state index in [9.17, 15) is 0 Å². The minimum atomic E-state index is 0.0135. The van der Waals surface area contributed by atoms with Gasteiger partial charge in [-0.1, -0.05) is 6.07 Å². The van der Waals surface area contributed by atoms with Crippen molar-refractivity contribution in [2.24, 2.45) is 5.73 Å². The largest absolute Gasteiger partial charge is 0.493 e. The van der Waals surface area contributed by atoms with Gasteiger partial charge in [-0.2, -0.15) is 0 Å². The Kier molecular flexibility index (Phi) is 3.77. The van der Waals surface area contributed by atoms with E-state index in [1.165, 1.54) is 0 Å². The Hall–Kier alpha value is -1.22. The summed E-state index contributed by atoms with van der Waals surface area (Å²) in [6, 6.07) is 5.77. The summed E-state index contributed by atoms with van der Waals surface area (Å²) in [7, 11) is 1.63. The first kappa shape index (κ1) is 10.9. The molecule has 1 aromatic carbocycles. The summed E-state index contributed by atoms with van der Waals surface area (Å²) in [6.07, 6.45) is 0. The van der Waals surface area contributed by atoms with Crippen LogP contribution < -0.4 is 15.2 Å². The summed E-state index contributed by atoms with van der Waals surface area (Å²) < 4.78 is 10.6. The van der Waals surface area contributed by atoms with E-state index < -0.39 is 0 Å². The summed E-state index contributed by atoms with van der Waals surface area (Å²) in [5, 5.41) is 0. The van der Waals surface area contributed by atoms with Gasteiger partial charge in [-0.15, -0.1) is 0 Å². The molecule has 1 atom stereocenters. The highest BCUT2D eigenvalue weighted by molar-refractivity contribution is 5.43. The lowest BCUT2D eigenvalue weighted by atomic mass is 10.1. The fourth-order valence-corrected chi connectivity index (χ4v) is 1.24. The molecule has 0 saturated carbocycles. The SMILES string of the molecule is CCOc1ccc(C(C)N)cc1OC. The van der Waals surface area contributed by atoms with Gasteiger partial charge in [0.05, 0.1) is 13.7 Å². The van der Waals surface area contributed by atoms with Gasteiger partial charge in [-0.25, -0.2) is 0 Å². The first-order valence-electron chi connectivity index (χ1n) is 4.75. The van der Waals surface area contributed by atoms with Gasteiger partial charge in [-0.05, 0) is 31.5 Å². The zero-order chi connectivity index (χ0) is 10.6. The number of rotatable bonds is 4. The highest BCUT2D eigenvalue weighted by atomic mass is 16.5. The van der Waals surface area contributed by atoms with Crippen LogP contribution in [0.4, 0.5) is 0 Å². The molecule has 0 saturated heterocycles. The summed E-state index contributed by atoms with van der Waals surface area (Å²) in [4.78, 5) is 0. The van der Waals surface area contributed by atoms with E-state index in [0.717, 1.165) is 17.1 Å². The van der Waals surface area contributed by atoms with Crippen LogP contribution in [-0.2, 0) is 0 Å². The van der Waals surface area contributed by atoms with Crippen molar-refractivity contribution in [1.29, 1.82) is 0 Å². The number of hydrogen-bond acceptors (Lipinski definition) is 3. The maximum absolute atomic E-state index is 5.76. The van der Waals surface area contributed by atoms with Gasteiger partial charge in [0.2, 0.25) is 0 Å². The lowest BCUT2D eigenvalue weighted by Crippen LogP contribution is -2.05. The van der Waals surface area contributed by atoms with Crippen molar-refractivity contribution in [2.45, 2.75) is 19.9 Å². The fraction of sp³-hybridized carbons (Fsp3) is 0.455. The quantitative estimate of drug-likeness (QED) is 0.800. The lowest BCUT2D eigenvalue weighted by Gasteiger charge is -2.12. The van der Waals surface area contributed by atoms with Crippen LogP contribution in [0.15, 0.2) is 18.2 Å². The molecule has 0 radical (unpaired) electrons. The van der Waals surface area contributed by atoms with E-state index in [4.69, 9.17) is 15.2 Å². The van der Waals surface area contributed by atoms with Crippen molar-refractivity contribution in [2.75, 3.05) is 13.7 Å². The second-order valence-corrected chi connectivity index (χ2v) is 3.13. The predicted octanol–water partition coefficient (Wildman–Crippen LogP) is 2.11. The standard InChI is InChI=1S/C11H17NO2/c1-4-14-10-6-5-9(8(2)12)7-11(10)13-3/h5-8H,4,12H2,1-3H3. The van der Waals surface area contributed by atoms with Gasteiger partial charge in [0.1, 0.15) is 0 Å². The van der Waals surface area contributed by atoms with Crippen LogP contribution in [0.1, 0.15) is 25.5 Å². The minimum Gasteiger partial charge on any atom is -0.493 e. The Morgan fingerprint density at radius 3 is 2.57 bits per heavy atom. The molecule has 0 amide bonds. The van der Waals surface area contributed by atoms with Crippen LogP contribution in [0.5, 0.6) is 11.5 Å². The molecule has 0 fully saturated rings. The fourth-order valence-electron chi connectivity index (χ4n) is 1.24. The highest BCUT2D eigenvalue weighted by Crippen LogP contribution is 2.29. The monoisotopic (exact) mass is 195 g/mol. The van der Waals surface area contributed by atoms with Crippen LogP contribution in [0.2, 0.25) is 0 Å². The Morgan fingerprint density at radius 2 is 2.07 bits per heavy atom. The normalized spacial score (nSPS) is 12.3. The number of methoxy groups -OCH3 is 1. The van der Waals surface area contributed by atoms with Crippen LogP contribution in [0.3, 0.4) is 0 Å². The Morgan fingerprint density at radius 1 is 1.36 bits per heavy atom. The third-order valence-corrected chi connectivity index (χ3v) is 2.01. The molecule has 0 aliphatic rings. The molecule has 0 aliphatic carbocycles. The van der Waals surface area contributed by atoms with E-state index in [-0.39, 0.29) is 6.04 Å². The third-order valence-electron chi connectivity index (χ3n) is 2.01. The van der Waals surface area contributed by atoms with Gasteiger partial charge >= 0.3 is 0 Å². The third kappa shape index (κ3) is 2.39. The molecule has 2 N–H and O–H groups in total. The van der Waals surface area contributed by atoms with Gasteiger partial charge in [-0.3, -0.25) is 0 Å². The molecule has 3 heteroatoms. The van der Waals surface area contributed by atoms with Crippen LogP contribution in [0.25, 0.3) is 0 Å². The topological polar surface area (TPSA) is 44.5 Å². The molecule has 78 valence electrons. The van der Waals surface area contributed by atoms with E-state index >= 15 is 0 Å². The maximum Gasteiger partial charge on any atom is 0.161 e. The van der Waals surface area contributed by atoms with Crippen LogP contribution in [0, 0.1) is 0 Å².